The Labute approximate surface area is 101 Å². The van der Waals surface area contributed by atoms with Gasteiger partial charge in [0, 0.05) is 11.8 Å². The normalized spacial score (nSPS) is 32.4. The summed E-state index contributed by atoms with van der Waals surface area (Å²) in [6.07, 6.45) is -4.00. The number of nitrogens with one attached hydrogen (secondary N) is 1. The van der Waals surface area contributed by atoms with Gasteiger partial charge in [-0.25, -0.2) is 4.79 Å². The highest BCUT2D eigenvalue weighted by molar-refractivity contribution is 5.02. The number of hydrogen-bond donors (Lipinski definition) is 4. The topological polar surface area (TPSA) is 125 Å². The van der Waals surface area contributed by atoms with E-state index in [4.69, 9.17) is 4.74 Å². The number of rotatable bonds is 1. The Morgan fingerprint density at radius 2 is 2.00 bits per heavy atom. The van der Waals surface area contributed by atoms with Crippen LogP contribution in [0.25, 0.3) is 0 Å². The molecule has 0 unspecified atom stereocenters. The minimum Gasteiger partial charge on any atom is -0.388 e. The van der Waals surface area contributed by atoms with Crippen molar-refractivity contribution < 1.29 is 20.1 Å². The lowest BCUT2D eigenvalue weighted by molar-refractivity contribution is -0.212. The number of H-pyrrole nitrogens is 1. The van der Waals surface area contributed by atoms with E-state index >= 15 is 0 Å². The maximum atomic E-state index is 11.6. The van der Waals surface area contributed by atoms with Crippen LogP contribution in [-0.2, 0) is 4.74 Å². The van der Waals surface area contributed by atoms with E-state index in [0.29, 0.717) is 0 Å². The molecule has 4 atom stereocenters. The smallest absolute Gasteiger partial charge is 0.330 e. The predicted octanol–water partition coefficient (Wildman–Crippen LogP) is -2.54. The van der Waals surface area contributed by atoms with E-state index in [9.17, 15) is 24.9 Å². The fourth-order valence-corrected chi connectivity index (χ4v) is 1.81. The first kappa shape index (κ1) is 13.0. The van der Waals surface area contributed by atoms with E-state index in [0.717, 1.165) is 4.57 Å². The minimum absolute atomic E-state index is 0.215. The number of aromatic nitrogens is 2. The van der Waals surface area contributed by atoms with Crippen LogP contribution in [0, 0.1) is 6.92 Å². The molecule has 0 saturated carbocycles. The lowest BCUT2D eigenvalue weighted by Crippen LogP contribution is -2.52. The predicted molar refractivity (Wildman–Crippen MR) is 59.1 cm³/mol. The molecule has 2 rings (SSSR count). The van der Waals surface area contributed by atoms with Crippen molar-refractivity contribution in [2.45, 2.75) is 31.5 Å². The summed E-state index contributed by atoms with van der Waals surface area (Å²) in [5.74, 6) is 0. The molecule has 1 aliphatic heterocycles. The molecule has 4 N–H and O–H groups in total. The molecule has 8 nitrogen and oxygen atoms in total. The van der Waals surface area contributed by atoms with E-state index in [1.54, 1.807) is 0 Å². The van der Waals surface area contributed by atoms with Gasteiger partial charge in [-0.2, -0.15) is 0 Å². The molecule has 0 spiro atoms. The molecule has 8 heteroatoms. The zero-order valence-electron chi connectivity index (χ0n) is 9.61. The van der Waals surface area contributed by atoms with Gasteiger partial charge in [0.05, 0.1) is 6.61 Å². The molecule has 1 aromatic rings. The van der Waals surface area contributed by atoms with Gasteiger partial charge in [-0.3, -0.25) is 14.3 Å². The molecular weight excluding hydrogens is 244 g/mol. The second-order valence-electron chi connectivity index (χ2n) is 4.25. The van der Waals surface area contributed by atoms with Gasteiger partial charge in [-0.15, -0.1) is 0 Å². The van der Waals surface area contributed by atoms with Crippen molar-refractivity contribution >= 4 is 0 Å². The summed E-state index contributed by atoms with van der Waals surface area (Å²) in [6.45, 7) is 1.28. The first-order chi connectivity index (χ1) is 8.41. The van der Waals surface area contributed by atoms with E-state index in [-0.39, 0.29) is 12.2 Å². The van der Waals surface area contributed by atoms with Crippen molar-refractivity contribution in [1.29, 1.82) is 0 Å². The molecule has 0 aliphatic carbocycles. The molecule has 0 aromatic carbocycles. The van der Waals surface area contributed by atoms with E-state index < -0.39 is 35.8 Å². The quantitative estimate of drug-likeness (QED) is 0.440. The van der Waals surface area contributed by atoms with Gasteiger partial charge in [-0.05, 0) is 6.92 Å². The Morgan fingerprint density at radius 3 is 2.67 bits per heavy atom. The van der Waals surface area contributed by atoms with Crippen molar-refractivity contribution in [2.75, 3.05) is 6.61 Å². The molecule has 0 radical (unpaired) electrons. The van der Waals surface area contributed by atoms with Crippen LogP contribution < -0.4 is 11.2 Å². The molecule has 2 heterocycles. The fourth-order valence-electron chi connectivity index (χ4n) is 1.81. The Morgan fingerprint density at radius 1 is 1.33 bits per heavy atom. The average molecular weight is 258 g/mol. The monoisotopic (exact) mass is 258 g/mol. The SMILES string of the molecule is Cc1cn([C@@H]2OC[C@H](O)[C@H](O)[C@H]2O)c(=O)[nH]c1=O. The van der Waals surface area contributed by atoms with E-state index in [1.165, 1.54) is 13.1 Å². The van der Waals surface area contributed by atoms with Crippen molar-refractivity contribution in [2.24, 2.45) is 0 Å². The Balaban J connectivity index is 2.41. The first-order valence-corrected chi connectivity index (χ1v) is 5.39. The van der Waals surface area contributed by atoms with E-state index in [2.05, 4.69) is 4.98 Å². The summed E-state index contributed by atoms with van der Waals surface area (Å²) in [5.41, 5.74) is -1.01. The standard InChI is InChI=1S/C10H14N2O6/c1-4-2-12(10(17)11-8(4)16)9-7(15)6(14)5(13)3-18-9/h2,5-7,9,13-15H,3H2,1H3,(H,11,16,17)/t5-,6-,7+,9+/m0/s1. The highest BCUT2D eigenvalue weighted by Gasteiger charge is 2.39. The summed E-state index contributed by atoms with van der Waals surface area (Å²) in [4.78, 5) is 24.9. The summed E-state index contributed by atoms with van der Waals surface area (Å²) in [5, 5.41) is 28.6. The van der Waals surface area contributed by atoms with Crippen LogP contribution in [-0.4, -0.2) is 49.8 Å². The van der Waals surface area contributed by atoms with Crippen molar-refractivity contribution in [3.8, 4) is 0 Å². The number of nitrogens with zero attached hydrogens (tertiary/aromatic N) is 1. The maximum Gasteiger partial charge on any atom is 0.330 e. The molecule has 0 bridgehead atoms. The van der Waals surface area contributed by atoms with Gasteiger partial charge < -0.3 is 20.1 Å². The number of ether oxygens (including phenoxy) is 1. The Hall–Kier alpha value is -1.48. The second-order valence-corrected chi connectivity index (χ2v) is 4.25. The van der Waals surface area contributed by atoms with Crippen LogP contribution in [0.5, 0.6) is 0 Å². The largest absolute Gasteiger partial charge is 0.388 e. The van der Waals surface area contributed by atoms with Crippen LogP contribution in [0.2, 0.25) is 0 Å². The van der Waals surface area contributed by atoms with Gasteiger partial charge in [0.15, 0.2) is 6.23 Å². The molecule has 1 fully saturated rings. The molecular formula is C10H14N2O6. The zero-order valence-corrected chi connectivity index (χ0v) is 9.61. The molecule has 100 valence electrons. The van der Waals surface area contributed by atoms with E-state index in [1.807, 2.05) is 0 Å². The number of hydrogen-bond acceptors (Lipinski definition) is 6. The molecule has 1 aliphatic rings. The van der Waals surface area contributed by atoms with Gasteiger partial charge in [0.25, 0.3) is 5.56 Å². The summed E-state index contributed by atoms with van der Waals surface area (Å²) in [6, 6.07) is 0. The zero-order chi connectivity index (χ0) is 13.4. The number of aromatic amines is 1. The Kier molecular flexibility index (Phi) is 3.35. The second kappa shape index (κ2) is 4.65. The molecule has 0 amide bonds. The van der Waals surface area contributed by atoms with Gasteiger partial charge in [0.2, 0.25) is 0 Å². The van der Waals surface area contributed by atoms with Gasteiger partial charge >= 0.3 is 5.69 Å². The molecule has 18 heavy (non-hydrogen) atoms. The highest BCUT2D eigenvalue weighted by Crippen LogP contribution is 2.22. The van der Waals surface area contributed by atoms with Crippen LogP contribution in [0.3, 0.4) is 0 Å². The van der Waals surface area contributed by atoms with Crippen molar-refractivity contribution in [3.05, 3.63) is 32.6 Å². The number of aliphatic hydroxyl groups is 3. The summed E-state index contributed by atoms with van der Waals surface area (Å²) in [7, 11) is 0. The summed E-state index contributed by atoms with van der Waals surface area (Å²) >= 11 is 0. The van der Waals surface area contributed by atoms with Crippen molar-refractivity contribution in [3.63, 3.8) is 0 Å². The molecule has 1 saturated heterocycles. The summed E-state index contributed by atoms with van der Waals surface area (Å²) < 4.78 is 6.10. The number of aryl methyl sites for hydroxylation is 1. The van der Waals surface area contributed by atoms with Gasteiger partial charge in [-0.1, -0.05) is 0 Å². The van der Waals surface area contributed by atoms with Crippen LogP contribution in [0.1, 0.15) is 11.8 Å². The third-order valence-electron chi connectivity index (χ3n) is 2.89. The average Bonchev–Trinajstić information content (AvgIpc) is 2.32. The van der Waals surface area contributed by atoms with Crippen LogP contribution in [0.15, 0.2) is 15.8 Å². The number of aliphatic hydroxyl groups excluding tert-OH is 3. The highest BCUT2D eigenvalue weighted by atomic mass is 16.5. The maximum absolute atomic E-state index is 11.6. The third-order valence-corrected chi connectivity index (χ3v) is 2.89. The lowest BCUT2D eigenvalue weighted by atomic mass is 10.0. The fraction of sp³-hybridized carbons (Fsp3) is 0.600. The first-order valence-electron chi connectivity index (χ1n) is 5.39. The Bertz CT molecular complexity index is 550. The molecule has 1 aromatic heterocycles. The third kappa shape index (κ3) is 2.10. The lowest BCUT2D eigenvalue weighted by Gasteiger charge is -2.35. The van der Waals surface area contributed by atoms with Gasteiger partial charge in [0.1, 0.15) is 18.3 Å². The minimum atomic E-state index is -1.46. The van der Waals surface area contributed by atoms with Crippen molar-refractivity contribution in [1.82, 2.24) is 9.55 Å². The van der Waals surface area contributed by atoms with Crippen LogP contribution >= 0.6 is 0 Å². The van der Waals surface area contributed by atoms with Crippen LogP contribution in [0.4, 0.5) is 0 Å².